The zero-order valence-corrected chi connectivity index (χ0v) is 14.5. The Balaban J connectivity index is 1.70. The molecule has 11 nitrogen and oxygen atoms in total. The Labute approximate surface area is 158 Å². The van der Waals surface area contributed by atoms with Gasteiger partial charge in [0.2, 0.25) is 5.79 Å². The van der Waals surface area contributed by atoms with Gasteiger partial charge < -0.3 is 41.7 Å². The molecule has 0 bridgehead atoms. The number of halogens is 1. The molecule has 0 aromatic heterocycles. The minimum absolute atomic E-state index is 0.119. The number of guanidine groups is 2. The first-order valence-electron chi connectivity index (χ1n) is 8.46. The van der Waals surface area contributed by atoms with Crippen molar-refractivity contribution >= 4 is 17.9 Å². The lowest BCUT2D eigenvalue weighted by Gasteiger charge is -2.48. The van der Waals surface area contributed by atoms with E-state index < -0.39 is 48.0 Å². The van der Waals surface area contributed by atoms with Gasteiger partial charge in [0.15, 0.2) is 23.7 Å². The van der Waals surface area contributed by atoms with Crippen LogP contribution in [-0.2, 0) is 4.74 Å². The highest BCUT2D eigenvalue weighted by Gasteiger charge is 2.74. The van der Waals surface area contributed by atoms with E-state index in [1.54, 1.807) is 0 Å². The lowest BCUT2D eigenvalue weighted by Crippen LogP contribution is -2.77. The predicted molar refractivity (Wildman–Crippen MR) is 93.3 cm³/mol. The molecule has 1 spiro atoms. The monoisotopic (exact) mass is 394 g/mol. The Morgan fingerprint density at radius 3 is 2.75 bits per heavy atom. The van der Waals surface area contributed by atoms with Crippen molar-refractivity contribution in [1.29, 1.82) is 0 Å². The standard InChI is InChI=1S/C16H19FN6O5/c17-8-4-2-1-3-7(8)12(25)28-10-5-23-14(19)20-9(6-24)11-15(23,16(10,26)27)22-13(18)21-11/h1-4,9-11,24,26-27H,5-6H2,(H2,19,20)(H3,18,21,22)/t9-,10-,11-,15-/m0/s1. The van der Waals surface area contributed by atoms with Crippen LogP contribution in [0.1, 0.15) is 10.4 Å². The predicted octanol–water partition coefficient (Wildman–Crippen LogP) is -2.98. The third kappa shape index (κ3) is 2.28. The normalized spacial score (nSPS) is 32.7. The van der Waals surface area contributed by atoms with Crippen LogP contribution in [0.5, 0.6) is 0 Å². The van der Waals surface area contributed by atoms with E-state index in [-0.39, 0.29) is 24.0 Å². The molecule has 1 aromatic rings. The van der Waals surface area contributed by atoms with Gasteiger partial charge in [-0.25, -0.2) is 19.2 Å². The van der Waals surface area contributed by atoms with E-state index in [1.165, 1.54) is 23.1 Å². The van der Waals surface area contributed by atoms with E-state index in [1.807, 2.05) is 0 Å². The molecule has 0 radical (unpaired) electrons. The highest BCUT2D eigenvalue weighted by molar-refractivity contribution is 5.90. The molecule has 3 aliphatic heterocycles. The summed E-state index contributed by atoms with van der Waals surface area (Å²) in [6.07, 6.45) is -1.54. The smallest absolute Gasteiger partial charge is 0.341 e. The molecule has 8 N–H and O–H groups in total. The van der Waals surface area contributed by atoms with Crippen molar-refractivity contribution in [1.82, 2.24) is 10.2 Å². The number of esters is 1. The second-order valence-corrected chi connectivity index (χ2v) is 6.80. The minimum Gasteiger partial charge on any atom is -0.451 e. The van der Waals surface area contributed by atoms with E-state index >= 15 is 0 Å². The number of nitrogens with two attached hydrogens (primary N) is 2. The molecule has 1 saturated heterocycles. The lowest BCUT2D eigenvalue weighted by molar-refractivity contribution is -0.257. The first kappa shape index (κ1) is 18.4. The Hall–Kier alpha value is -2.96. The van der Waals surface area contributed by atoms with Crippen molar-refractivity contribution < 1.29 is 29.2 Å². The lowest BCUT2D eigenvalue weighted by atomic mass is 9.86. The molecular formula is C16H19FN6O5. The number of nitrogens with zero attached hydrogens (tertiary/aromatic N) is 3. The van der Waals surface area contributed by atoms with Crippen LogP contribution in [0.3, 0.4) is 0 Å². The third-order valence-electron chi connectivity index (χ3n) is 5.28. The van der Waals surface area contributed by atoms with E-state index in [4.69, 9.17) is 16.2 Å². The summed E-state index contributed by atoms with van der Waals surface area (Å²) >= 11 is 0. The van der Waals surface area contributed by atoms with Gasteiger partial charge in [0, 0.05) is 0 Å². The largest absolute Gasteiger partial charge is 0.451 e. The molecule has 0 unspecified atom stereocenters. The number of carbonyl (C=O) groups is 1. The number of benzene rings is 1. The fourth-order valence-corrected chi connectivity index (χ4v) is 3.99. The number of ether oxygens (including phenoxy) is 1. The molecule has 150 valence electrons. The van der Waals surface area contributed by atoms with Gasteiger partial charge in [-0.15, -0.1) is 0 Å². The van der Waals surface area contributed by atoms with Crippen LogP contribution in [0.15, 0.2) is 34.3 Å². The molecule has 4 atom stereocenters. The van der Waals surface area contributed by atoms with Crippen LogP contribution in [0, 0.1) is 5.82 Å². The molecule has 28 heavy (non-hydrogen) atoms. The molecular weight excluding hydrogens is 375 g/mol. The summed E-state index contributed by atoms with van der Waals surface area (Å²) in [6, 6.07) is 3.23. The van der Waals surface area contributed by atoms with Crippen molar-refractivity contribution in [3.05, 3.63) is 35.6 Å². The molecule has 0 aliphatic carbocycles. The Bertz CT molecular complexity index is 892. The summed E-state index contributed by atoms with van der Waals surface area (Å²) in [7, 11) is 0. The van der Waals surface area contributed by atoms with Crippen molar-refractivity contribution in [2.24, 2.45) is 21.5 Å². The van der Waals surface area contributed by atoms with Gasteiger partial charge in [0.05, 0.1) is 18.7 Å². The molecule has 12 heteroatoms. The second-order valence-electron chi connectivity index (χ2n) is 6.80. The maximum Gasteiger partial charge on any atom is 0.341 e. The molecule has 3 aliphatic rings. The van der Waals surface area contributed by atoms with Gasteiger partial charge in [0.1, 0.15) is 17.9 Å². The van der Waals surface area contributed by atoms with E-state index in [9.17, 15) is 24.5 Å². The number of hydrogen-bond acceptors (Lipinski definition) is 11. The van der Waals surface area contributed by atoms with Gasteiger partial charge in [-0.3, -0.25) is 0 Å². The van der Waals surface area contributed by atoms with E-state index in [0.717, 1.165) is 6.07 Å². The van der Waals surface area contributed by atoms with Crippen LogP contribution in [0.4, 0.5) is 4.39 Å². The van der Waals surface area contributed by atoms with Gasteiger partial charge >= 0.3 is 5.97 Å². The summed E-state index contributed by atoms with van der Waals surface area (Å²) < 4.78 is 19.1. The Morgan fingerprint density at radius 2 is 2.07 bits per heavy atom. The van der Waals surface area contributed by atoms with Crippen LogP contribution in [0.2, 0.25) is 0 Å². The van der Waals surface area contributed by atoms with Crippen molar-refractivity contribution in [2.75, 3.05) is 13.2 Å². The Morgan fingerprint density at radius 1 is 1.36 bits per heavy atom. The van der Waals surface area contributed by atoms with Gasteiger partial charge in [0.25, 0.3) is 0 Å². The van der Waals surface area contributed by atoms with Crippen molar-refractivity contribution in [3.8, 4) is 0 Å². The van der Waals surface area contributed by atoms with Crippen molar-refractivity contribution in [3.63, 3.8) is 0 Å². The van der Waals surface area contributed by atoms with Crippen LogP contribution in [0.25, 0.3) is 0 Å². The number of aliphatic imine (C=N–C) groups is 2. The second kappa shape index (κ2) is 6.02. The summed E-state index contributed by atoms with van der Waals surface area (Å²) in [6.45, 7) is -0.748. The van der Waals surface area contributed by atoms with Crippen LogP contribution in [-0.4, -0.2) is 80.9 Å². The molecule has 0 amide bonds. The number of hydrogen-bond donors (Lipinski definition) is 6. The molecule has 1 fully saturated rings. The molecule has 3 heterocycles. The van der Waals surface area contributed by atoms with Crippen molar-refractivity contribution in [2.45, 2.75) is 29.6 Å². The van der Waals surface area contributed by atoms with Gasteiger partial charge in [-0.1, -0.05) is 12.1 Å². The first-order chi connectivity index (χ1) is 13.2. The SMILES string of the molecule is NC1=N[C@H]2[C@H](CO)N=C(N)N3C[C@H](OC(=O)c4ccccc4F)C(O)(O)[C@]23N1. The van der Waals surface area contributed by atoms with Gasteiger partial charge in [-0.2, -0.15) is 0 Å². The average Bonchev–Trinajstić information content (AvgIpc) is 3.11. The summed E-state index contributed by atoms with van der Waals surface area (Å²) in [5, 5.41) is 34.3. The average molecular weight is 394 g/mol. The minimum atomic E-state index is -2.74. The topological polar surface area (TPSA) is 179 Å². The maximum atomic E-state index is 13.9. The first-order valence-corrected chi connectivity index (χ1v) is 8.46. The van der Waals surface area contributed by atoms with Gasteiger partial charge in [-0.05, 0) is 12.1 Å². The molecule has 0 saturated carbocycles. The third-order valence-corrected chi connectivity index (χ3v) is 5.28. The van der Waals surface area contributed by atoms with E-state index in [2.05, 4.69) is 15.3 Å². The molecule has 1 aromatic carbocycles. The summed E-state index contributed by atoms with van der Waals surface area (Å²) in [5.41, 5.74) is 9.52. The number of nitrogens with one attached hydrogen (secondary N) is 1. The van der Waals surface area contributed by atoms with Crippen LogP contribution < -0.4 is 16.8 Å². The zero-order valence-electron chi connectivity index (χ0n) is 14.5. The number of aliphatic hydroxyl groups excluding tert-OH is 1. The number of carbonyl (C=O) groups excluding carboxylic acids is 1. The Kier molecular flexibility index (Phi) is 3.96. The number of aliphatic hydroxyl groups is 3. The number of rotatable bonds is 3. The highest BCUT2D eigenvalue weighted by Crippen LogP contribution is 2.45. The summed E-state index contributed by atoms with van der Waals surface area (Å²) in [4.78, 5) is 21.9. The molecule has 4 rings (SSSR count). The quantitative estimate of drug-likeness (QED) is 0.230. The summed E-state index contributed by atoms with van der Waals surface area (Å²) in [5.74, 6) is -4.87. The maximum absolute atomic E-state index is 13.9. The van der Waals surface area contributed by atoms with E-state index in [0.29, 0.717) is 0 Å². The zero-order chi connectivity index (χ0) is 20.3. The fraction of sp³-hybridized carbons (Fsp3) is 0.438. The fourth-order valence-electron chi connectivity index (χ4n) is 3.99. The van der Waals surface area contributed by atoms with Crippen LogP contribution >= 0.6 is 0 Å². The highest BCUT2D eigenvalue weighted by atomic mass is 19.1.